The molecule has 0 spiro atoms. The van der Waals surface area contributed by atoms with Gasteiger partial charge in [0.1, 0.15) is 0 Å². The molecule has 0 aromatic heterocycles. The molecule has 2 aromatic carbocycles. The lowest BCUT2D eigenvalue weighted by atomic mass is 9.96. The molecule has 1 N–H and O–H groups in total. The Labute approximate surface area is 148 Å². The summed E-state index contributed by atoms with van der Waals surface area (Å²) >= 11 is 0. The van der Waals surface area contributed by atoms with Crippen LogP contribution in [0, 0.1) is 10.1 Å². The van der Waals surface area contributed by atoms with Crippen LogP contribution in [0.3, 0.4) is 0 Å². The van der Waals surface area contributed by atoms with Crippen molar-refractivity contribution in [3.05, 3.63) is 69.8 Å². The molecule has 0 aliphatic rings. The second kappa shape index (κ2) is 7.76. The molecule has 0 saturated heterocycles. The molecule has 0 bridgehead atoms. The Kier molecular flexibility index (Phi) is 5.92. The smallest absolute Gasteiger partial charge is 0.258 e. The standard InChI is InChI=1S/C18H22N2O4S/c1-4-13(2)15-9-11-16(12-10-15)14(3)19-25(23,24)18-8-6-5-7-17(18)20(21)22/h5-14,19H,4H2,1-3H3. The molecule has 0 aliphatic carbocycles. The molecule has 0 aliphatic heterocycles. The van der Waals surface area contributed by atoms with Crippen molar-refractivity contribution in [3.8, 4) is 0 Å². The first-order chi connectivity index (χ1) is 11.8. The summed E-state index contributed by atoms with van der Waals surface area (Å²) in [6.07, 6.45) is 1.03. The second-order valence-corrected chi connectivity index (χ2v) is 7.73. The number of nitro benzene ring substituents is 1. The molecule has 2 aromatic rings. The first kappa shape index (κ1) is 19.1. The molecule has 0 amide bonds. The molecule has 2 unspecified atom stereocenters. The van der Waals surface area contributed by atoms with E-state index in [1.165, 1.54) is 29.8 Å². The van der Waals surface area contributed by atoms with Gasteiger partial charge in [0.05, 0.1) is 4.92 Å². The summed E-state index contributed by atoms with van der Waals surface area (Å²) in [5, 5.41) is 11.1. The minimum atomic E-state index is -4.01. The SMILES string of the molecule is CCC(C)c1ccc(C(C)NS(=O)(=O)c2ccccc2[N+](=O)[O-])cc1. The Morgan fingerprint density at radius 3 is 2.16 bits per heavy atom. The molecule has 6 nitrogen and oxygen atoms in total. The molecule has 0 saturated carbocycles. The molecule has 7 heteroatoms. The minimum Gasteiger partial charge on any atom is -0.258 e. The van der Waals surface area contributed by atoms with Gasteiger partial charge in [-0.25, -0.2) is 13.1 Å². The van der Waals surface area contributed by atoms with Crippen molar-refractivity contribution < 1.29 is 13.3 Å². The lowest BCUT2D eigenvalue weighted by Gasteiger charge is -2.16. The predicted molar refractivity (Wildman–Crippen MR) is 97.0 cm³/mol. The molecule has 2 atom stereocenters. The number of sulfonamides is 1. The van der Waals surface area contributed by atoms with Crippen LogP contribution in [0.25, 0.3) is 0 Å². The van der Waals surface area contributed by atoms with Crippen LogP contribution in [0.5, 0.6) is 0 Å². The summed E-state index contributed by atoms with van der Waals surface area (Å²) in [7, 11) is -4.01. The van der Waals surface area contributed by atoms with Crippen molar-refractivity contribution in [1.29, 1.82) is 0 Å². The number of nitrogens with zero attached hydrogens (tertiary/aromatic N) is 1. The summed E-state index contributed by atoms with van der Waals surface area (Å²) in [5.41, 5.74) is 1.56. The lowest BCUT2D eigenvalue weighted by Crippen LogP contribution is -2.27. The number of nitrogens with one attached hydrogen (secondary N) is 1. The average molecular weight is 362 g/mol. The van der Waals surface area contributed by atoms with Crippen LogP contribution in [-0.4, -0.2) is 13.3 Å². The van der Waals surface area contributed by atoms with Gasteiger partial charge in [-0.3, -0.25) is 10.1 Å². The topological polar surface area (TPSA) is 89.3 Å². The van der Waals surface area contributed by atoms with Gasteiger partial charge in [0.25, 0.3) is 5.69 Å². The number of benzene rings is 2. The molecule has 0 radical (unpaired) electrons. The van der Waals surface area contributed by atoms with Crippen LogP contribution in [-0.2, 0) is 10.0 Å². The molecule has 0 fully saturated rings. The Morgan fingerprint density at radius 2 is 1.60 bits per heavy atom. The predicted octanol–water partition coefficient (Wildman–Crippen LogP) is 4.15. The van der Waals surface area contributed by atoms with Gasteiger partial charge in [-0.2, -0.15) is 0 Å². The van der Waals surface area contributed by atoms with Crippen molar-refractivity contribution >= 4 is 15.7 Å². The van der Waals surface area contributed by atoms with Crippen LogP contribution >= 0.6 is 0 Å². The van der Waals surface area contributed by atoms with Gasteiger partial charge < -0.3 is 0 Å². The van der Waals surface area contributed by atoms with E-state index in [9.17, 15) is 18.5 Å². The molecule has 2 rings (SSSR count). The Hall–Kier alpha value is -2.25. The van der Waals surface area contributed by atoms with E-state index in [1.807, 2.05) is 24.3 Å². The maximum Gasteiger partial charge on any atom is 0.289 e. The fourth-order valence-corrected chi connectivity index (χ4v) is 3.95. The largest absolute Gasteiger partial charge is 0.289 e. The van der Waals surface area contributed by atoms with Crippen molar-refractivity contribution in [1.82, 2.24) is 4.72 Å². The molecule has 134 valence electrons. The van der Waals surface area contributed by atoms with Gasteiger partial charge in [0.15, 0.2) is 4.90 Å². The maximum absolute atomic E-state index is 12.5. The number of hydrogen-bond acceptors (Lipinski definition) is 4. The average Bonchev–Trinajstić information content (AvgIpc) is 2.60. The normalized spacial score (nSPS) is 14.0. The number of para-hydroxylation sites is 1. The Bertz CT molecular complexity index is 848. The van der Waals surface area contributed by atoms with Crippen LogP contribution in [0.1, 0.15) is 50.3 Å². The van der Waals surface area contributed by atoms with Gasteiger partial charge in [0, 0.05) is 12.1 Å². The monoisotopic (exact) mass is 362 g/mol. The fourth-order valence-electron chi connectivity index (χ4n) is 2.55. The van der Waals surface area contributed by atoms with Crippen molar-refractivity contribution in [2.24, 2.45) is 0 Å². The zero-order valence-electron chi connectivity index (χ0n) is 14.5. The Balaban J connectivity index is 2.25. The van der Waals surface area contributed by atoms with Gasteiger partial charge in [-0.15, -0.1) is 0 Å². The van der Waals surface area contributed by atoms with E-state index in [2.05, 4.69) is 18.6 Å². The molecular formula is C18H22N2O4S. The van der Waals surface area contributed by atoms with Crippen LogP contribution in [0.4, 0.5) is 5.69 Å². The number of hydrogen-bond donors (Lipinski definition) is 1. The van der Waals surface area contributed by atoms with Crippen molar-refractivity contribution in [3.63, 3.8) is 0 Å². The minimum absolute atomic E-state index is 0.330. The van der Waals surface area contributed by atoms with Crippen molar-refractivity contribution in [2.75, 3.05) is 0 Å². The molecule has 0 heterocycles. The maximum atomic E-state index is 12.5. The van der Waals surface area contributed by atoms with Crippen LogP contribution in [0.2, 0.25) is 0 Å². The third kappa shape index (κ3) is 4.43. The van der Waals surface area contributed by atoms with Gasteiger partial charge in [0.2, 0.25) is 10.0 Å². The van der Waals surface area contributed by atoms with E-state index in [-0.39, 0.29) is 4.90 Å². The zero-order chi connectivity index (χ0) is 18.6. The summed E-state index contributed by atoms with van der Waals surface area (Å²) in [5.74, 6) is 0.438. The van der Waals surface area contributed by atoms with E-state index in [1.54, 1.807) is 6.92 Å². The second-order valence-electron chi connectivity index (χ2n) is 6.04. The summed E-state index contributed by atoms with van der Waals surface area (Å²) in [6, 6.07) is 12.6. The van der Waals surface area contributed by atoms with E-state index in [0.717, 1.165) is 12.0 Å². The summed E-state index contributed by atoms with van der Waals surface area (Å²) < 4.78 is 27.6. The first-order valence-corrected chi connectivity index (χ1v) is 9.60. The van der Waals surface area contributed by atoms with Crippen molar-refractivity contribution in [2.45, 2.75) is 44.0 Å². The van der Waals surface area contributed by atoms with Crippen LogP contribution in [0.15, 0.2) is 53.4 Å². The highest BCUT2D eigenvalue weighted by Crippen LogP contribution is 2.26. The number of nitro groups is 1. The van der Waals surface area contributed by atoms with Gasteiger partial charge in [-0.1, -0.05) is 50.2 Å². The van der Waals surface area contributed by atoms with Gasteiger partial charge >= 0.3 is 0 Å². The van der Waals surface area contributed by atoms with Crippen LogP contribution < -0.4 is 4.72 Å². The van der Waals surface area contributed by atoms with Gasteiger partial charge in [-0.05, 0) is 36.5 Å². The summed E-state index contributed by atoms with van der Waals surface area (Å²) in [6.45, 7) is 5.96. The number of rotatable bonds is 7. The van der Waals surface area contributed by atoms with E-state index in [4.69, 9.17) is 0 Å². The highest BCUT2D eigenvalue weighted by atomic mass is 32.2. The zero-order valence-corrected chi connectivity index (χ0v) is 15.3. The quantitative estimate of drug-likeness (QED) is 0.592. The molecule has 25 heavy (non-hydrogen) atoms. The molecular weight excluding hydrogens is 340 g/mol. The first-order valence-electron chi connectivity index (χ1n) is 8.12. The van der Waals surface area contributed by atoms with E-state index < -0.39 is 26.7 Å². The lowest BCUT2D eigenvalue weighted by molar-refractivity contribution is -0.387. The third-order valence-corrected chi connectivity index (χ3v) is 5.89. The fraction of sp³-hybridized carbons (Fsp3) is 0.333. The third-order valence-electron chi connectivity index (χ3n) is 4.30. The van der Waals surface area contributed by atoms with E-state index >= 15 is 0 Å². The highest BCUT2D eigenvalue weighted by Gasteiger charge is 2.26. The highest BCUT2D eigenvalue weighted by molar-refractivity contribution is 7.89. The van der Waals surface area contributed by atoms with E-state index in [0.29, 0.717) is 5.92 Å². The summed E-state index contributed by atoms with van der Waals surface area (Å²) in [4.78, 5) is 10.0. The Morgan fingerprint density at radius 1 is 1.04 bits per heavy atom.